The summed E-state index contributed by atoms with van der Waals surface area (Å²) in [5.74, 6) is 2.83. The molecule has 2 aliphatic heterocycles. The lowest BCUT2D eigenvalue weighted by Crippen LogP contribution is -2.42. The molecular weight excluding hydrogens is 379 g/mol. The van der Waals surface area contributed by atoms with E-state index < -0.39 is 0 Å². The van der Waals surface area contributed by atoms with Gasteiger partial charge in [-0.3, -0.25) is 0 Å². The number of ether oxygens (including phenoxy) is 1. The van der Waals surface area contributed by atoms with Crippen LogP contribution in [-0.4, -0.2) is 42.3 Å². The van der Waals surface area contributed by atoms with Crippen molar-refractivity contribution in [3.8, 4) is 5.75 Å². The number of hydrogen-bond acceptors (Lipinski definition) is 5. The van der Waals surface area contributed by atoms with Gasteiger partial charge in [-0.2, -0.15) is 4.98 Å². The molecule has 2 fully saturated rings. The predicted molar refractivity (Wildman–Crippen MR) is 118 cm³/mol. The molecule has 0 amide bonds. The van der Waals surface area contributed by atoms with Gasteiger partial charge in [0.05, 0.1) is 12.1 Å². The molecule has 2 unspecified atom stereocenters. The van der Waals surface area contributed by atoms with Gasteiger partial charge < -0.3 is 14.5 Å². The lowest BCUT2D eigenvalue weighted by atomic mass is 10.1. The van der Waals surface area contributed by atoms with Crippen LogP contribution in [0.4, 0.5) is 16.2 Å². The summed E-state index contributed by atoms with van der Waals surface area (Å²) < 4.78 is 20.3. The smallest absolute Gasteiger partial charge is 0.227 e. The third-order valence-electron chi connectivity index (χ3n) is 6.06. The summed E-state index contributed by atoms with van der Waals surface area (Å²) in [6.45, 7) is 5.80. The third kappa shape index (κ3) is 3.91. The number of fused-ring (bicyclic) bond motifs is 1. The quantitative estimate of drug-likeness (QED) is 0.630. The van der Waals surface area contributed by atoms with Crippen LogP contribution in [0.5, 0.6) is 5.75 Å². The van der Waals surface area contributed by atoms with Crippen LogP contribution in [0.3, 0.4) is 0 Å². The zero-order valence-electron chi connectivity index (χ0n) is 17.3. The Morgan fingerprint density at radius 1 is 0.967 bits per heavy atom. The third-order valence-corrected chi connectivity index (χ3v) is 6.06. The molecule has 2 atom stereocenters. The van der Waals surface area contributed by atoms with Gasteiger partial charge in [0.15, 0.2) is 0 Å². The molecule has 0 N–H and O–H groups in total. The molecule has 5 nitrogen and oxygen atoms in total. The van der Waals surface area contributed by atoms with E-state index in [-0.39, 0.29) is 11.9 Å². The predicted octanol–water partition coefficient (Wildman–Crippen LogP) is 4.66. The Morgan fingerprint density at radius 3 is 2.63 bits per heavy atom. The average molecular weight is 407 g/mol. The van der Waals surface area contributed by atoms with E-state index >= 15 is 0 Å². The molecular formula is C24H27FN4O. The molecule has 1 aromatic heterocycles. The number of nitrogens with zero attached hydrogens (tertiary/aromatic N) is 4. The van der Waals surface area contributed by atoms with Gasteiger partial charge in [-0.1, -0.05) is 25.1 Å². The van der Waals surface area contributed by atoms with Gasteiger partial charge in [-0.05, 0) is 55.5 Å². The average Bonchev–Trinajstić information content (AvgIpc) is 3.20. The number of para-hydroxylation sites is 1. The van der Waals surface area contributed by atoms with E-state index in [0.29, 0.717) is 5.92 Å². The van der Waals surface area contributed by atoms with Crippen LogP contribution in [0.1, 0.15) is 26.2 Å². The summed E-state index contributed by atoms with van der Waals surface area (Å²) in [6, 6.07) is 14.7. The van der Waals surface area contributed by atoms with Crippen LogP contribution >= 0.6 is 0 Å². The van der Waals surface area contributed by atoms with Crippen molar-refractivity contribution in [1.29, 1.82) is 0 Å². The molecule has 30 heavy (non-hydrogen) atoms. The zero-order chi connectivity index (χ0) is 20.5. The van der Waals surface area contributed by atoms with E-state index in [0.717, 1.165) is 73.9 Å². The van der Waals surface area contributed by atoms with Crippen molar-refractivity contribution in [3.63, 3.8) is 0 Å². The molecule has 2 saturated heterocycles. The maximum Gasteiger partial charge on any atom is 0.227 e. The zero-order valence-corrected chi connectivity index (χ0v) is 17.3. The minimum absolute atomic E-state index is 0.0787. The molecule has 3 aromatic rings. The number of anilines is 2. The van der Waals surface area contributed by atoms with Crippen LogP contribution in [0, 0.1) is 11.7 Å². The summed E-state index contributed by atoms with van der Waals surface area (Å²) >= 11 is 0. The van der Waals surface area contributed by atoms with E-state index in [2.05, 4.69) is 16.7 Å². The monoisotopic (exact) mass is 406 g/mol. The number of halogens is 1. The summed E-state index contributed by atoms with van der Waals surface area (Å²) in [5, 5.41) is 0.770. The number of rotatable bonds is 4. The minimum atomic E-state index is -0.260. The summed E-state index contributed by atoms with van der Waals surface area (Å²) in [5.41, 5.74) is 0.794. The molecule has 2 aromatic carbocycles. The van der Waals surface area contributed by atoms with E-state index in [1.54, 1.807) is 12.1 Å². The van der Waals surface area contributed by atoms with Crippen molar-refractivity contribution < 1.29 is 9.13 Å². The van der Waals surface area contributed by atoms with Gasteiger partial charge in [-0.25, -0.2) is 9.37 Å². The van der Waals surface area contributed by atoms with Gasteiger partial charge in [0.1, 0.15) is 23.5 Å². The molecule has 2 aliphatic rings. The first kappa shape index (κ1) is 19.1. The Bertz CT molecular complexity index is 1030. The first-order valence-electron chi connectivity index (χ1n) is 10.8. The van der Waals surface area contributed by atoms with Gasteiger partial charge >= 0.3 is 0 Å². The first-order valence-corrected chi connectivity index (χ1v) is 10.8. The molecule has 156 valence electrons. The minimum Gasteiger partial charge on any atom is -0.489 e. The van der Waals surface area contributed by atoms with Gasteiger partial charge in [-0.15, -0.1) is 0 Å². The SMILES string of the molecule is CC1CCN(c2nc(N3CCCC(Oc4ccccc4)C3)c3cc(F)ccc3n2)C1. The molecule has 0 aliphatic carbocycles. The molecule has 0 radical (unpaired) electrons. The Balaban J connectivity index is 1.47. The second-order valence-corrected chi connectivity index (χ2v) is 8.49. The van der Waals surface area contributed by atoms with Crippen LogP contribution < -0.4 is 14.5 Å². The van der Waals surface area contributed by atoms with E-state index in [1.165, 1.54) is 6.07 Å². The number of hydrogen-bond donors (Lipinski definition) is 0. The van der Waals surface area contributed by atoms with Gasteiger partial charge in [0, 0.05) is 25.0 Å². The maximum atomic E-state index is 14.1. The molecule has 5 rings (SSSR count). The lowest BCUT2D eigenvalue weighted by molar-refractivity contribution is 0.179. The van der Waals surface area contributed by atoms with E-state index in [1.807, 2.05) is 30.3 Å². The Morgan fingerprint density at radius 2 is 1.83 bits per heavy atom. The second-order valence-electron chi connectivity index (χ2n) is 8.49. The Hall–Kier alpha value is -2.89. The van der Waals surface area contributed by atoms with E-state index in [9.17, 15) is 4.39 Å². The lowest BCUT2D eigenvalue weighted by Gasteiger charge is -2.34. The fourth-order valence-electron chi connectivity index (χ4n) is 4.49. The van der Waals surface area contributed by atoms with Crippen molar-refractivity contribution in [2.75, 3.05) is 36.0 Å². The summed E-state index contributed by atoms with van der Waals surface area (Å²) in [4.78, 5) is 14.2. The second kappa shape index (κ2) is 8.09. The van der Waals surface area contributed by atoms with Crippen molar-refractivity contribution >= 4 is 22.7 Å². The Kier molecular flexibility index (Phi) is 5.15. The van der Waals surface area contributed by atoms with Crippen molar-refractivity contribution in [2.24, 2.45) is 5.92 Å². The summed E-state index contributed by atoms with van der Waals surface area (Å²) in [7, 11) is 0. The van der Waals surface area contributed by atoms with Crippen LogP contribution in [0.15, 0.2) is 48.5 Å². The largest absolute Gasteiger partial charge is 0.489 e. The summed E-state index contributed by atoms with van der Waals surface area (Å²) in [6.07, 6.45) is 3.24. The van der Waals surface area contributed by atoms with Gasteiger partial charge in [0.25, 0.3) is 0 Å². The standard InChI is InChI=1S/C24H27FN4O/c1-17-11-13-29(15-17)24-26-22-10-9-18(25)14-21(22)23(27-24)28-12-5-8-20(16-28)30-19-6-3-2-4-7-19/h2-4,6-7,9-10,14,17,20H,5,8,11-13,15-16H2,1H3. The van der Waals surface area contributed by atoms with Crippen LogP contribution in [0.25, 0.3) is 10.9 Å². The molecule has 0 saturated carbocycles. The highest BCUT2D eigenvalue weighted by molar-refractivity contribution is 5.90. The number of aromatic nitrogens is 2. The fourth-order valence-corrected chi connectivity index (χ4v) is 4.49. The number of piperidine rings is 1. The normalized spacial score (nSPS) is 21.9. The Labute approximate surface area is 176 Å². The van der Waals surface area contributed by atoms with Crippen LogP contribution in [-0.2, 0) is 0 Å². The fraction of sp³-hybridized carbons (Fsp3) is 0.417. The van der Waals surface area contributed by atoms with E-state index in [4.69, 9.17) is 14.7 Å². The molecule has 0 spiro atoms. The van der Waals surface area contributed by atoms with Crippen molar-refractivity contribution in [2.45, 2.75) is 32.3 Å². The maximum absolute atomic E-state index is 14.1. The molecule has 3 heterocycles. The van der Waals surface area contributed by atoms with Crippen molar-refractivity contribution in [3.05, 3.63) is 54.3 Å². The number of benzene rings is 2. The molecule has 0 bridgehead atoms. The highest BCUT2D eigenvalue weighted by Gasteiger charge is 2.27. The molecule has 6 heteroatoms. The van der Waals surface area contributed by atoms with Gasteiger partial charge in [0.2, 0.25) is 5.95 Å². The topological polar surface area (TPSA) is 41.5 Å². The van der Waals surface area contributed by atoms with Crippen molar-refractivity contribution in [1.82, 2.24) is 9.97 Å². The first-order chi connectivity index (χ1) is 14.7. The highest BCUT2D eigenvalue weighted by atomic mass is 19.1. The van der Waals surface area contributed by atoms with Crippen LogP contribution in [0.2, 0.25) is 0 Å². The highest BCUT2D eigenvalue weighted by Crippen LogP contribution is 2.31.